The van der Waals surface area contributed by atoms with Crippen LogP contribution in [0.5, 0.6) is 11.5 Å². The Hall–Kier alpha value is -3.35. The number of carbonyl (C=O) groups excluding carboxylic acids is 1. The predicted molar refractivity (Wildman–Crippen MR) is 109 cm³/mol. The summed E-state index contributed by atoms with van der Waals surface area (Å²) in [5, 5.41) is 6.85. The quantitative estimate of drug-likeness (QED) is 0.528. The molecule has 0 unspecified atom stereocenters. The van der Waals surface area contributed by atoms with Gasteiger partial charge < -0.3 is 19.3 Å². The minimum absolute atomic E-state index is 0.0201. The number of amides is 1. The Kier molecular flexibility index (Phi) is 7.22. The van der Waals surface area contributed by atoms with Crippen LogP contribution in [0, 0.1) is 6.92 Å². The van der Waals surface area contributed by atoms with Crippen molar-refractivity contribution in [2.24, 2.45) is 0 Å². The van der Waals surface area contributed by atoms with E-state index in [0.717, 1.165) is 22.6 Å². The summed E-state index contributed by atoms with van der Waals surface area (Å²) in [5.74, 6) is 2.64. The van der Waals surface area contributed by atoms with Crippen LogP contribution < -0.4 is 14.8 Å². The molecule has 0 saturated carbocycles. The van der Waals surface area contributed by atoms with Crippen molar-refractivity contribution in [3.63, 3.8) is 0 Å². The van der Waals surface area contributed by atoms with E-state index in [9.17, 15) is 4.79 Å². The molecule has 7 heteroatoms. The molecule has 7 nitrogen and oxygen atoms in total. The summed E-state index contributed by atoms with van der Waals surface area (Å²) < 4.78 is 16.1. The average molecular weight is 395 g/mol. The van der Waals surface area contributed by atoms with Crippen molar-refractivity contribution in [2.75, 3.05) is 20.3 Å². The van der Waals surface area contributed by atoms with E-state index in [0.29, 0.717) is 44.1 Å². The highest BCUT2D eigenvalue weighted by Crippen LogP contribution is 2.20. The summed E-state index contributed by atoms with van der Waals surface area (Å²) >= 11 is 0. The SMILES string of the molecule is COc1ccc(-c2noc(CCCC(=O)NCCOc3ccccc3C)n2)cc1. The maximum Gasteiger partial charge on any atom is 0.226 e. The largest absolute Gasteiger partial charge is 0.497 e. The van der Waals surface area contributed by atoms with Crippen molar-refractivity contribution in [2.45, 2.75) is 26.2 Å². The number of aromatic nitrogens is 2. The molecule has 0 bridgehead atoms. The van der Waals surface area contributed by atoms with Gasteiger partial charge in [-0.2, -0.15) is 4.98 Å². The zero-order chi connectivity index (χ0) is 20.5. The van der Waals surface area contributed by atoms with Gasteiger partial charge in [-0.25, -0.2) is 0 Å². The summed E-state index contributed by atoms with van der Waals surface area (Å²) in [6, 6.07) is 15.2. The molecule has 0 atom stereocenters. The topological polar surface area (TPSA) is 86.5 Å². The van der Waals surface area contributed by atoms with E-state index in [1.165, 1.54) is 0 Å². The Labute approximate surface area is 170 Å². The molecule has 2 aromatic carbocycles. The van der Waals surface area contributed by atoms with Gasteiger partial charge >= 0.3 is 0 Å². The van der Waals surface area contributed by atoms with E-state index in [1.807, 2.05) is 55.5 Å². The van der Waals surface area contributed by atoms with Gasteiger partial charge in [-0.05, 0) is 49.2 Å². The molecule has 0 fully saturated rings. The number of benzene rings is 2. The minimum atomic E-state index is -0.0201. The van der Waals surface area contributed by atoms with Crippen LogP contribution in [0.4, 0.5) is 0 Å². The highest BCUT2D eigenvalue weighted by Gasteiger charge is 2.10. The summed E-state index contributed by atoms with van der Waals surface area (Å²) in [4.78, 5) is 16.3. The van der Waals surface area contributed by atoms with Crippen LogP contribution in [0.15, 0.2) is 53.1 Å². The number of rotatable bonds is 10. The van der Waals surface area contributed by atoms with E-state index in [1.54, 1.807) is 7.11 Å². The van der Waals surface area contributed by atoms with Crippen molar-refractivity contribution in [3.8, 4) is 22.9 Å². The van der Waals surface area contributed by atoms with Gasteiger partial charge in [-0.3, -0.25) is 4.79 Å². The number of ether oxygens (including phenoxy) is 2. The summed E-state index contributed by atoms with van der Waals surface area (Å²) in [5.41, 5.74) is 1.93. The second kappa shape index (κ2) is 10.3. The molecular weight excluding hydrogens is 370 g/mol. The number of nitrogens with one attached hydrogen (secondary N) is 1. The highest BCUT2D eigenvalue weighted by atomic mass is 16.5. The van der Waals surface area contributed by atoms with Gasteiger partial charge in [0, 0.05) is 18.4 Å². The van der Waals surface area contributed by atoms with Crippen molar-refractivity contribution in [3.05, 3.63) is 60.0 Å². The molecule has 1 heterocycles. The number of aryl methyl sites for hydroxylation is 2. The van der Waals surface area contributed by atoms with Gasteiger partial charge in [0.1, 0.15) is 18.1 Å². The van der Waals surface area contributed by atoms with Crippen molar-refractivity contribution < 1.29 is 18.8 Å². The fraction of sp³-hybridized carbons (Fsp3) is 0.318. The summed E-state index contributed by atoms with van der Waals surface area (Å²) in [7, 11) is 1.62. The van der Waals surface area contributed by atoms with Gasteiger partial charge in [-0.1, -0.05) is 23.4 Å². The number of carbonyl (C=O) groups is 1. The lowest BCUT2D eigenvalue weighted by Gasteiger charge is -2.09. The zero-order valence-electron chi connectivity index (χ0n) is 16.7. The molecular formula is C22H25N3O4. The molecule has 1 aromatic heterocycles. The molecule has 1 amide bonds. The first-order valence-electron chi connectivity index (χ1n) is 9.58. The fourth-order valence-electron chi connectivity index (χ4n) is 2.77. The molecule has 29 heavy (non-hydrogen) atoms. The van der Waals surface area contributed by atoms with E-state index in [2.05, 4.69) is 15.5 Å². The van der Waals surface area contributed by atoms with Gasteiger partial charge in [0.25, 0.3) is 0 Å². The summed E-state index contributed by atoms with van der Waals surface area (Å²) in [6.45, 7) is 2.90. The fourth-order valence-corrected chi connectivity index (χ4v) is 2.77. The normalized spacial score (nSPS) is 10.6. The number of hydrogen-bond donors (Lipinski definition) is 1. The number of para-hydroxylation sites is 1. The molecule has 0 aliphatic heterocycles. The minimum Gasteiger partial charge on any atom is -0.497 e. The third-order valence-corrected chi connectivity index (χ3v) is 4.39. The standard InChI is InChI=1S/C22H25N3O4/c1-16-6-3-4-7-19(16)28-15-14-23-20(26)8-5-9-21-24-22(25-29-21)17-10-12-18(27-2)13-11-17/h3-4,6-7,10-13H,5,8-9,14-15H2,1-2H3,(H,23,26). The monoisotopic (exact) mass is 395 g/mol. The zero-order valence-corrected chi connectivity index (χ0v) is 16.7. The lowest BCUT2D eigenvalue weighted by molar-refractivity contribution is -0.121. The Bertz CT molecular complexity index is 922. The smallest absolute Gasteiger partial charge is 0.226 e. The van der Waals surface area contributed by atoms with E-state index in [4.69, 9.17) is 14.0 Å². The van der Waals surface area contributed by atoms with Gasteiger partial charge in [0.05, 0.1) is 13.7 Å². The molecule has 0 saturated heterocycles. The Morgan fingerprint density at radius 3 is 2.69 bits per heavy atom. The molecule has 3 rings (SSSR count). The molecule has 0 radical (unpaired) electrons. The Balaban J connectivity index is 1.35. The van der Waals surface area contributed by atoms with E-state index < -0.39 is 0 Å². The van der Waals surface area contributed by atoms with Crippen molar-refractivity contribution >= 4 is 5.91 Å². The third-order valence-electron chi connectivity index (χ3n) is 4.39. The van der Waals surface area contributed by atoms with Crippen LogP contribution in [0.2, 0.25) is 0 Å². The maximum absolute atomic E-state index is 12.0. The van der Waals surface area contributed by atoms with Crippen LogP contribution in [0.3, 0.4) is 0 Å². The lowest BCUT2D eigenvalue weighted by Crippen LogP contribution is -2.28. The Morgan fingerprint density at radius 2 is 1.93 bits per heavy atom. The van der Waals surface area contributed by atoms with Crippen molar-refractivity contribution in [1.29, 1.82) is 0 Å². The Morgan fingerprint density at radius 1 is 1.14 bits per heavy atom. The molecule has 3 aromatic rings. The summed E-state index contributed by atoms with van der Waals surface area (Å²) in [6.07, 6.45) is 1.58. The highest BCUT2D eigenvalue weighted by molar-refractivity contribution is 5.75. The first kappa shape index (κ1) is 20.4. The van der Waals surface area contributed by atoms with E-state index >= 15 is 0 Å². The van der Waals surface area contributed by atoms with Crippen LogP contribution in [-0.4, -0.2) is 36.3 Å². The van der Waals surface area contributed by atoms with Crippen LogP contribution in [0.1, 0.15) is 24.3 Å². The van der Waals surface area contributed by atoms with Crippen LogP contribution in [0.25, 0.3) is 11.4 Å². The van der Waals surface area contributed by atoms with Gasteiger partial charge in [0.15, 0.2) is 0 Å². The van der Waals surface area contributed by atoms with E-state index in [-0.39, 0.29) is 5.91 Å². The number of methoxy groups -OCH3 is 1. The predicted octanol–water partition coefficient (Wildman–Crippen LogP) is 3.57. The lowest BCUT2D eigenvalue weighted by atomic mass is 10.2. The number of hydrogen-bond acceptors (Lipinski definition) is 6. The second-order valence-electron chi connectivity index (χ2n) is 6.56. The average Bonchev–Trinajstić information content (AvgIpc) is 3.21. The second-order valence-corrected chi connectivity index (χ2v) is 6.56. The van der Waals surface area contributed by atoms with Crippen LogP contribution >= 0.6 is 0 Å². The van der Waals surface area contributed by atoms with Gasteiger partial charge in [0.2, 0.25) is 17.6 Å². The van der Waals surface area contributed by atoms with Crippen LogP contribution in [-0.2, 0) is 11.2 Å². The maximum atomic E-state index is 12.0. The van der Waals surface area contributed by atoms with Crippen molar-refractivity contribution in [1.82, 2.24) is 15.5 Å². The molecule has 152 valence electrons. The molecule has 0 spiro atoms. The molecule has 0 aliphatic rings. The first-order valence-corrected chi connectivity index (χ1v) is 9.58. The first-order chi connectivity index (χ1) is 14.2. The number of nitrogens with zero attached hydrogens (tertiary/aromatic N) is 2. The third kappa shape index (κ3) is 6.07. The molecule has 1 N–H and O–H groups in total. The van der Waals surface area contributed by atoms with Gasteiger partial charge in [-0.15, -0.1) is 0 Å². The molecule has 0 aliphatic carbocycles.